The summed E-state index contributed by atoms with van der Waals surface area (Å²) in [6.07, 6.45) is 0. The molecule has 0 radical (unpaired) electrons. The molecule has 0 aliphatic heterocycles. The second kappa shape index (κ2) is 5.90. The molecule has 1 N–H and O–H groups in total. The van der Waals surface area contributed by atoms with Crippen LogP contribution in [0.1, 0.15) is 13.8 Å². The van der Waals surface area contributed by atoms with E-state index in [0.29, 0.717) is 0 Å². The van der Waals surface area contributed by atoms with Crippen LogP contribution in [0.2, 0.25) is 0 Å². The molecule has 80 valence electrons. The third-order valence-electron chi connectivity index (χ3n) is 1.32. The summed E-state index contributed by atoms with van der Waals surface area (Å²) in [5, 5.41) is 12.6. The van der Waals surface area contributed by atoms with Crippen molar-refractivity contribution in [3.8, 4) is 0 Å². The van der Waals surface area contributed by atoms with Gasteiger partial charge in [-0.2, -0.15) is 0 Å². The Balaban J connectivity index is 4.51. The van der Waals surface area contributed by atoms with Crippen LogP contribution in [-0.4, -0.2) is 36.0 Å². The molecule has 0 heterocycles. The van der Waals surface area contributed by atoms with E-state index in [1.807, 2.05) is 0 Å². The summed E-state index contributed by atoms with van der Waals surface area (Å²) < 4.78 is 4.39. The van der Waals surface area contributed by atoms with Crippen LogP contribution in [-0.2, 0) is 14.3 Å². The molecule has 0 aromatic rings. The number of nitrogens with one attached hydrogen (secondary N) is 1. The minimum Gasteiger partial charge on any atom is -0.460 e. The van der Waals surface area contributed by atoms with Gasteiger partial charge in [-0.3, -0.25) is 14.9 Å². The fourth-order valence-electron chi connectivity index (χ4n) is 0.781. The number of likely N-dealkylation sites (N-methyl/N-ethyl adjacent to an activating group) is 1. The molecule has 1 unspecified atom stereocenters. The van der Waals surface area contributed by atoms with Crippen molar-refractivity contribution in [2.75, 3.05) is 13.2 Å². The van der Waals surface area contributed by atoms with Gasteiger partial charge in [0.2, 0.25) is 0 Å². The lowest BCUT2D eigenvalue weighted by Gasteiger charge is -2.07. The Hall–Kier alpha value is -1.66. The first kappa shape index (κ1) is 12.3. The van der Waals surface area contributed by atoms with E-state index in [-0.39, 0.29) is 13.2 Å². The molecule has 0 aliphatic carbocycles. The molecular weight excluding hydrogens is 192 g/mol. The molecule has 1 amide bonds. The monoisotopic (exact) mass is 204 g/mol. The van der Waals surface area contributed by atoms with E-state index in [1.165, 1.54) is 6.92 Å². The highest BCUT2D eigenvalue weighted by Gasteiger charge is 2.39. The van der Waals surface area contributed by atoms with Gasteiger partial charge in [-0.15, -0.1) is 0 Å². The van der Waals surface area contributed by atoms with Crippen LogP contribution in [0.5, 0.6) is 0 Å². The van der Waals surface area contributed by atoms with Gasteiger partial charge in [0.15, 0.2) is 0 Å². The minimum atomic E-state index is -1.96. The summed E-state index contributed by atoms with van der Waals surface area (Å²) in [6, 6.07) is -1.96. The standard InChI is InChI=1S/C7H12N2O5/c1-3-8-6(10)5(9(12)13)7(11)14-4-2/h5H,3-4H2,1-2H3,(H,8,10). The van der Waals surface area contributed by atoms with Gasteiger partial charge in [-0.25, -0.2) is 4.79 Å². The number of hydrogen-bond donors (Lipinski definition) is 1. The van der Waals surface area contributed by atoms with Crippen LogP contribution in [0.4, 0.5) is 0 Å². The average molecular weight is 204 g/mol. The minimum absolute atomic E-state index is 0.00256. The molecule has 0 aromatic carbocycles. The number of hydrogen-bond acceptors (Lipinski definition) is 5. The number of rotatable bonds is 5. The highest BCUT2D eigenvalue weighted by Crippen LogP contribution is 1.95. The van der Waals surface area contributed by atoms with Gasteiger partial charge < -0.3 is 10.1 Å². The molecule has 0 bridgehead atoms. The maximum absolute atomic E-state index is 11.0. The van der Waals surface area contributed by atoms with Crippen molar-refractivity contribution >= 4 is 11.9 Å². The Morgan fingerprint density at radius 2 is 2.07 bits per heavy atom. The van der Waals surface area contributed by atoms with Crippen molar-refractivity contribution in [3.63, 3.8) is 0 Å². The smallest absolute Gasteiger partial charge is 0.392 e. The van der Waals surface area contributed by atoms with Gasteiger partial charge in [0.1, 0.15) is 0 Å². The van der Waals surface area contributed by atoms with Crippen molar-refractivity contribution in [2.45, 2.75) is 19.9 Å². The first-order valence-electron chi connectivity index (χ1n) is 4.12. The summed E-state index contributed by atoms with van der Waals surface area (Å²) in [5.74, 6) is -2.08. The van der Waals surface area contributed by atoms with Crippen LogP contribution >= 0.6 is 0 Å². The SMILES string of the molecule is CCNC(=O)C(C(=O)OCC)[N+](=O)[O-]. The van der Waals surface area contributed by atoms with E-state index in [2.05, 4.69) is 10.1 Å². The molecule has 1 atom stereocenters. The zero-order valence-corrected chi connectivity index (χ0v) is 7.98. The molecule has 0 rings (SSSR count). The van der Waals surface area contributed by atoms with Gasteiger partial charge in [0.05, 0.1) is 6.61 Å². The fraction of sp³-hybridized carbons (Fsp3) is 0.714. The maximum atomic E-state index is 11.0. The first-order chi connectivity index (χ1) is 6.54. The van der Waals surface area contributed by atoms with E-state index < -0.39 is 22.8 Å². The molecule has 0 aliphatic rings. The Bertz CT molecular complexity index is 222. The number of ether oxygens (including phenoxy) is 1. The number of carbonyl (C=O) groups is 2. The topological polar surface area (TPSA) is 98.5 Å². The highest BCUT2D eigenvalue weighted by atomic mass is 16.6. The zero-order valence-electron chi connectivity index (χ0n) is 7.98. The van der Waals surface area contributed by atoms with Gasteiger partial charge in [0.25, 0.3) is 0 Å². The van der Waals surface area contributed by atoms with Gasteiger partial charge in [0, 0.05) is 11.5 Å². The Kier molecular flexibility index (Phi) is 5.20. The molecule has 0 spiro atoms. The predicted octanol–water partition coefficient (Wildman–Crippen LogP) is -0.669. The lowest BCUT2D eigenvalue weighted by molar-refractivity contribution is -0.496. The lowest BCUT2D eigenvalue weighted by atomic mass is 10.3. The van der Waals surface area contributed by atoms with Crippen molar-refractivity contribution in [1.29, 1.82) is 0 Å². The highest BCUT2D eigenvalue weighted by molar-refractivity contribution is 6.00. The van der Waals surface area contributed by atoms with Crippen molar-refractivity contribution in [3.05, 3.63) is 10.1 Å². The Morgan fingerprint density at radius 3 is 2.43 bits per heavy atom. The van der Waals surface area contributed by atoms with Crippen LogP contribution in [0.15, 0.2) is 0 Å². The Labute approximate surface area is 80.6 Å². The van der Waals surface area contributed by atoms with E-state index >= 15 is 0 Å². The molecular formula is C7H12N2O5. The predicted molar refractivity (Wildman–Crippen MR) is 46.1 cm³/mol. The first-order valence-corrected chi connectivity index (χ1v) is 4.12. The largest absolute Gasteiger partial charge is 0.460 e. The fourth-order valence-corrected chi connectivity index (χ4v) is 0.781. The van der Waals surface area contributed by atoms with Crippen LogP contribution < -0.4 is 5.32 Å². The Morgan fingerprint density at radius 1 is 1.50 bits per heavy atom. The quantitative estimate of drug-likeness (QED) is 0.277. The summed E-state index contributed by atoms with van der Waals surface area (Å²) >= 11 is 0. The van der Waals surface area contributed by atoms with Crippen molar-refractivity contribution in [1.82, 2.24) is 5.32 Å². The summed E-state index contributed by atoms with van der Waals surface area (Å²) in [6.45, 7) is 3.33. The van der Waals surface area contributed by atoms with E-state index in [1.54, 1.807) is 6.92 Å². The number of carbonyl (C=O) groups excluding carboxylic acids is 2. The van der Waals surface area contributed by atoms with E-state index in [0.717, 1.165) is 0 Å². The van der Waals surface area contributed by atoms with Gasteiger partial charge >= 0.3 is 17.9 Å². The van der Waals surface area contributed by atoms with Crippen LogP contribution in [0, 0.1) is 10.1 Å². The van der Waals surface area contributed by atoms with Gasteiger partial charge in [-0.1, -0.05) is 0 Å². The molecule has 14 heavy (non-hydrogen) atoms. The second-order valence-electron chi connectivity index (χ2n) is 2.33. The average Bonchev–Trinajstić information content (AvgIpc) is 2.04. The summed E-state index contributed by atoms with van der Waals surface area (Å²) in [4.78, 5) is 31.4. The molecule has 0 fully saturated rings. The normalized spacial score (nSPS) is 11.6. The molecule has 7 nitrogen and oxygen atoms in total. The number of nitro groups is 1. The summed E-state index contributed by atoms with van der Waals surface area (Å²) in [5.41, 5.74) is 0. The third-order valence-corrected chi connectivity index (χ3v) is 1.32. The second-order valence-corrected chi connectivity index (χ2v) is 2.33. The molecule has 0 saturated carbocycles. The number of esters is 1. The van der Waals surface area contributed by atoms with Crippen LogP contribution in [0.3, 0.4) is 0 Å². The number of amides is 1. The van der Waals surface area contributed by atoms with Gasteiger partial charge in [-0.05, 0) is 13.8 Å². The molecule has 0 aromatic heterocycles. The summed E-state index contributed by atoms with van der Waals surface area (Å²) in [7, 11) is 0. The van der Waals surface area contributed by atoms with Crippen LogP contribution in [0.25, 0.3) is 0 Å². The maximum Gasteiger partial charge on any atom is 0.392 e. The lowest BCUT2D eigenvalue weighted by Crippen LogP contribution is -2.45. The van der Waals surface area contributed by atoms with Crippen molar-refractivity contribution < 1.29 is 19.2 Å². The van der Waals surface area contributed by atoms with Crippen molar-refractivity contribution in [2.24, 2.45) is 0 Å². The number of nitrogens with zero attached hydrogens (tertiary/aromatic N) is 1. The third kappa shape index (κ3) is 3.38. The molecule has 7 heteroatoms. The van der Waals surface area contributed by atoms with E-state index in [4.69, 9.17) is 0 Å². The van der Waals surface area contributed by atoms with E-state index in [9.17, 15) is 19.7 Å². The zero-order chi connectivity index (χ0) is 11.1. The molecule has 0 saturated heterocycles.